The second-order valence-corrected chi connectivity index (χ2v) is 8.76. The van der Waals surface area contributed by atoms with Crippen LogP contribution in [0.2, 0.25) is 0 Å². The largest absolute Gasteiger partial charge is 0.462 e. The number of rotatable bonds is 6. The minimum absolute atomic E-state index is 0.153. The Balaban J connectivity index is 1.58. The molecular formula is C21H25F2N3O3S. The molecule has 2 aromatic heterocycles. The number of halogens is 2. The summed E-state index contributed by atoms with van der Waals surface area (Å²) in [5, 5.41) is 7.32. The number of carbonyl (C=O) groups is 2. The van der Waals surface area contributed by atoms with E-state index in [9.17, 15) is 18.4 Å². The van der Waals surface area contributed by atoms with Gasteiger partial charge in [-0.3, -0.25) is 9.48 Å². The molecule has 0 unspecified atom stereocenters. The molecule has 2 aliphatic carbocycles. The van der Waals surface area contributed by atoms with E-state index in [0.717, 1.165) is 49.0 Å². The van der Waals surface area contributed by atoms with E-state index >= 15 is 0 Å². The first-order valence-electron chi connectivity index (χ1n) is 10.5. The molecule has 0 atom stereocenters. The molecule has 0 saturated heterocycles. The lowest BCUT2D eigenvalue weighted by atomic mass is 10.1. The second-order valence-electron chi connectivity index (χ2n) is 7.66. The van der Waals surface area contributed by atoms with E-state index in [4.69, 9.17) is 4.74 Å². The van der Waals surface area contributed by atoms with Crippen LogP contribution in [0.3, 0.4) is 0 Å². The van der Waals surface area contributed by atoms with Gasteiger partial charge in [0.2, 0.25) is 5.91 Å². The topological polar surface area (TPSA) is 73.2 Å². The van der Waals surface area contributed by atoms with Gasteiger partial charge in [-0.1, -0.05) is 6.42 Å². The van der Waals surface area contributed by atoms with Crippen LogP contribution in [0.5, 0.6) is 0 Å². The van der Waals surface area contributed by atoms with Crippen LogP contribution in [0.1, 0.15) is 76.8 Å². The summed E-state index contributed by atoms with van der Waals surface area (Å²) < 4.78 is 33.2. The van der Waals surface area contributed by atoms with Gasteiger partial charge in [-0.15, -0.1) is 11.3 Å². The van der Waals surface area contributed by atoms with Gasteiger partial charge in [-0.2, -0.15) is 5.10 Å². The van der Waals surface area contributed by atoms with Gasteiger partial charge >= 0.3 is 5.97 Å². The quantitative estimate of drug-likeness (QED) is 0.535. The number of nitrogens with one attached hydrogen (secondary N) is 1. The zero-order valence-electron chi connectivity index (χ0n) is 16.9. The van der Waals surface area contributed by atoms with Gasteiger partial charge < -0.3 is 10.1 Å². The van der Waals surface area contributed by atoms with Crippen molar-refractivity contribution in [3.63, 3.8) is 0 Å². The maximum atomic E-state index is 13.3. The van der Waals surface area contributed by atoms with Crippen molar-refractivity contribution in [3.05, 3.63) is 33.0 Å². The molecule has 6 nitrogen and oxygen atoms in total. The van der Waals surface area contributed by atoms with E-state index < -0.39 is 12.4 Å². The Morgan fingerprint density at radius 3 is 2.67 bits per heavy atom. The fraction of sp³-hybridized carbons (Fsp3) is 0.571. The summed E-state index contributed by atoms with van der Waals surface area (Å²) in [6.07, 6.45) is 4.20. The van der Waals surface area contributed by atoms with Crippen molar-refractivity contribution in [2.24, 2.45) is 0 Å². The molecule has 0 aromatic carbocycles. The van der Waals surface area contributed by atoms with E-state index in [1.807, 2.05) is 0 Å². The number of hydrogen-bond acceptors (Lipinski definition) is 5. The Hall–Kier alpha value is -2.29. The minimum atomic E-state index is -2.65. The van der Waals surface area contributed by atoms with Crippen LogP contribution in [-0.4, -0.2) is 28.3 Å². The summed E-state index contributed by atoms with van der Waals surface area (Å²) in [6.45, 7) is 1.85. The molecule has 0 saturated carbocycles. The maximum Gasteiger partial charge on any atom is 0.341 e. The fourth-order valence-corrected chi connectivity index (χ4v) is 5.69. The third-order valence-corrected chi connectivity index (χ3v) is 6.90. The molecule has 0 fully saturated rings. The van der Waals surface area contributed by atoms with Gasteiger partial charge in [0.05, 0.1) is 12.2 Å². The van der Waals surface area contributed by atoms with Crippen LogP contribution < -0.4 is 5.32 Å². The molecule has 4 rings (SSSR count). The molecule has 0 spiro atoms. The average Bonchev–Trinajstić information content (AvgIpc) is 3.33. The SMILES string of the molecule is CCOC(=O)c1c(NC(=O)Cn2nc(C(F)F)c3c2CCC3)sc2c1CCCCC2. The summed E-state index contributed by atoms with van der Waals surface area (Å²) in [6, 6.07) is 0. The second kappa shape index (κ2) is 8.83. The maximum absolute atomic E-state index is 13.3. The summed E-state index contributed by atoms with van der Waals surface area (Å²) in [7, 11) is 0. The van der Waals surface area contributed by atoms with Gasteiger partial charge in [0.25, 0.3) is 6.43 Å². The van der Waals surface area contributed by atoms with Crippen LogP contribution in [0.15, 0.2) is 0 Å². The standard InChI is InChI=1S/C21H25F2N3O3S/c1-2-29-21(28)17-13-7-4-3-5-10-15(13)30-20(17)24-16(27)11-26-14-9-6-8-12(14)18(25-26)19(22)23/h19H,2-11H2,1H3,(H,24,27). The van der Waals surface area contributed by atoms with Gasteiger partial charge in [0.15, 0.2) is 0 Å². The third-order valence-electron chi connectivity index (χ3n) is 5.69. The number of hydrogen-bond donors (Lipinski definition) is 1. The highest BCUT2D eigenvalue weighted by molar-refractivity contribution is 7.17. The van der Waals surface area contributed by atoms with Crippen LogP contribution in [0, 0.1) is 0 Å². The number of thiophene rings is 1. The molecule has 1 amide bonds. The Morgan fingerprint density at radius 2 is 1.90 bits per heavy atom. The predicted octanol–water partition coefficient (Wildman–Crippen LogP) is 4.46. The molecule has 1 N–H and O–H groups in total. The van der Waals surface area contributed by atoms with Crippen molar-refractivity contribution < 1.29 is 23.1 Å². The van der Waals surface area contributed by atoms with E-state index in [1.54, 1.807) is 6.92 Å². The minimum Gasteiger partial charge on any atom is -0.462 e. The van der Waals surface area contributed by atoms with Crippen molar-refractivity contribution in [3.8, 4) is 0 Å². The molecule has 2 aliphatic rings. The number of esters is 1. The highest BCUT2D eigenvalue weighted by Crippen LogP contribution is 2.38. The van der Waals surface area contributed by atoms with Crippen LogP contribution in [0.4, 0.5) is 13.8 Å². The number of aryl methyl sites for hydroxylation is 1. The molecular weight excluding hydrogens is 412 g/mol. The first-order valence-corrected chi connectivity index (χ1v) is 11.3. The molecule has 0 radical (unpaired) electrons. The number of ether oxygens (including phenoxy) is 1. The Morgan fingerprint density at radius 1 is 1.13 bits per heavy atom. The van der Waals surface area contributed by atoms with E-state index in [2.05, 4.69) is 10.4 Å². The average molecular weight is 438 g/mol. The van der Waals surface area contributed by atoms with E-state index in [0.29, 0.717) is 34.7 Å². The van der Waals surface area contributed by atoms with E-state index in [-0.39, 0.29) is 24.8 Å². The number of amides is 1. The van der Waals surface area contributed by atoms with Crippen molar-refractivity contribution in [1.29, 1.82) is 0 Å². The van der Waals surface area contributed by atoms with Crippen molar-refractivity contribution in [2.75, 3.05) is 11.9 Å². The number of carbonyl (C=O) groups excluding carboxylic acids is 2. The number of anilines is 1. The normalized spacial score (nSPS) is 15.6. The van der Waals surface area contributed by atoms with Crippen molar-refractivity contribution >= 4 is 28.2 Å². The summed E-state index contributed by atoms with van der Waals surface area (Å²) in [5.74, 6) is -0.804. The summed E-state index contributed by atoms with van der Waals surface area (Å²) in [4.78, 5) is 26.5. The number of nitrogens with zero attached hydrogens (tertiary/aromatic N) is 2. The smallest absolute Gasteiger partial charge is 0.341 e. The van der Waals surface area contributed by atoms with Crippen LogP contribution >= 0.6 is 11.3 Å². The number of aromatic nitrogens is 2. The lowest BCUT2D eigenvalue weighted by molar-refractivity contribution is -0.116. The summed E-state index contributed by atoms with van der Waals surface area (Å²) in [5.41, 5.74) is 2.50. The van der Waals surface area contributed by atoms with Gasteiger partial charge in [-0.05, 0) is 57.4 Å². The summed E-state index contributed by atoms with van der Waals surface area (Å²) >= 11 is 1.42. The molecule has 30 heavy (non-hydrogen) atoms. The molecule has 9 heteroatoms. The first-order chi connectivity index (χ1) is 14.5. The predicted molar refractivity (Wildman–Crippen MR) is 109 cm³/mol. The van der Waals surface area contributed by atoms with Crippen LogP contribution in [-0.2, 0) is 41.8 Å². The van der Waals surface area contributed by atoms with Gasteiger partial charge in [0.1, 0.15) is 17.2 Å². The monoisotopic (exact) mass is 437 g/mol. The zero-order chi connectivity index (χ0) is 21.3. The molecule has 2 aromatic rings. The lowest BCUT2D eigenvalue weighted by Crippen LogP contribution is -2.22. The molecule has 162 valence electrons. The zero-order valence-corrected chi connectivity index (χ0v) is 17.7. The van der Waals surface area contributed by atoms with Gasteiger partial charge in [-0.25, -0.2) is 13.6 Å². The Kier molecular flexibility index (Phi) is 6.17. The van der Waals surface area contributed by atoms with Crippen molar-refractivity contribution in [1.82, 2.24) is 9.78 Å². The third kappa shape index (κ3) is 3.99. The highest BCUT2D eigenvalue weighted by Gasteiger charge is 2.29. The molecule has 2 heterocycles. The highest BCUT2D eigenvalue weighted by atomic mass is 32.1. The van der Waals surface area contributed by atoms with E-state index in [1.165, 1.54) is 16.0 Å². The molecule has 0 bridgehead atoms. The van der Waals surface area contributed by atoms with Gasteiger partial charge in [0, 0.05) is 16.1 Å². The number of alkyl halides is 2. The van der Waals surface area contributed by atoms with Crippen LogP contribution in [0.25, 0.3) is 0 Å². The van der Waals surface area contributed by atoms with Crippen molar-refractivity contribution in [2.45, 2.75) is 71.3 Å². The lowest BCUT2D eigenvalue weighted by Gasteiger charge is -2.09. The molecule has 0 aliphatic heterocycles. The Bertz CT molecular complexity index is 967. The number of fused-ring (bicyclic) bond motifs is 2. The Labute approximate surface area is 177 Å². The fourth-order valence-electron chi connectivity index (χ4n) is 4.40. The first kappa shape index (κ1) is 21.0.